The van der Waals surface area contributed by atoms with Crippen LogP contribution in [0.15, 0.2) is 39.4 Å². The highest BCUT2D eigenvalue weighted by Gasteiger charge is 2.17. The van der Waals surface area contributed by atoms with Crippen LogP contribution in [0, 0.1) is 6.92 Å². The fourth-order valence-corrected chi connectivity index (χ4v) is 2.76. The minimum Gasteiger partial charge on any atom is -0.494 e. The average Bonchev–Trinajstić information content (AvgIpc) is 2.77. The molecule has 0 amide bonds. The normalized spacial score (nSPS) is 12.4. The molecule has 0 spiro atoms. The number of hydrogen-bond donors (Lipinski definition) is 0. The largest absolute Gasteiger partial charge is 0.494 e. The second-order valence-corrected chi connectivity index (χ2v) is 5.80. The van der Waals surface area contributed by atoms with Gasteiger partial charge in [-0.05, 0) is 38.1 Å². The first-order chi connectivity index (χ1) is 8.61. The molecule has 2 rings (SSSR count). The molecule has 0 saturated heterocycles. The predicted molar refractivity (Wildman–Crippen MR) is 79.5 cm³/mol. The quantitative estimate of drug-likeness (QED) is 0.684. The highest BCUT2D eigenvalue weighted by molar-refractivity contribution is 9.10. The summed E-state index contributed by atoms with van der Waals surface area (Å²) >= 11 is 7.20. The second kappa shape index (κ2) is 5.93. The first kappa shape index (κ1) is 13.7. The lowest BCUT2D eigenvalue weighted by molar-refractivity contribution is 0.337. The Bertz CT molecular complexity index is 534. The molecule has 18 heavy (non-hydrogen) atoms. The Morgan fingerprint density at radius 3 is 2.72 bits per heavy atom. The Morgan fingerprint density at radius 2 is 2.11 bits per heavy atom. The molecule has 0 bridgehead atoms. The Morgan fingerprint density at radius 1 is 1.33 bits per heavy atom. The number of ether oxygens (including phenoxy) is 1. The third-order valence-electron chi connectivity index (χ3n) is 2.59. The summed E-state index contributed by atoms with van der Waals surface area (Å²) in [6.07, 6.45) is 1.77. The maximum atomic E-state index is 5.66. The van der Waals surface area contributed by atoms with E-state index in [1.807, 2.05) is 32.0 Å². The minimum absolute atomic E-state index is 0.0639. The lowest BCUT2D eigenvalue weighted by atomic mass is 10.1. The summed E-state index contributed by atoms with van der Waals surface area (Å²) in [7, 11) is 0. The summed E-state index contributed by atoms with van der Waals surface area (Å²) in [5, 5.41) is 0. The summed E-state index contributed by atoms with van der Waals surface area (Å²) in [5.74, 6) is 1.80. The van der Waals surface area contributed by atoms with E-state index in [1.165, 1.54) is 0 Å². The molecule has 0 fully saturated rings. The van der Waals surface area contributed by atoms with E-state index in [4.69, 9.17) is 9.15 Å². The van der Waals surface area contributed by atoms with Gasteiger partial charge in [0.05, 0.1) is 17.7 Å². The third kappa shape index (κ3) is 2.98. The van der Waals surface area contributed by atoms with Crippen molar-refractivity contribution in [3.8, 4) is 5.75 Å². The molecule has 0 aliphatic carbocycles. The molecule has 1 heterocycles. The van der Waals surface area contributed by atoms with E-state index in [-0.39, 0.29) is 4.83 Å². The zero-order valence-electron chi connectivity index (χ0n) is 10.2. The van der Waals surface area contributed by atoms with Crippen LogP contribution in [0.2, 0.25) is 0 Å². The lowest BCUT2D eigenvalue weighted by Gasteiger charge is -2.14. The van der Waals surface area contributed by atoms with Crippen LogP contribution in [0.25, 0.3) is 0 Å². The summed E-state index contributed by atoms with van der Waals surface area (Å²) in [6.45, 7) is 4.57. The van der Waals surface area contributed by atoms with Gasteiger partial charge in [-0.3, -0.25) is 0 Å². The van der Waals surface area contributed by atoms with Crippen molar-refractivity contribution in [3.05, 3.63) is 51.9 Å². The molecule has 0 radical (unpaired) electrons. The summed E-state index contributed by atoms with van der Waals surface area (Å²) in [5.41, 5.74) is 2.18. The van der Waals surface area contributed by atoms with E-state index < -0.39 is 0 Å². The molecule has 1 unspecified atom stereocenters. The van der Waals surface area contributed by atoms with Crippen LogP contribution < -0.4 is 4.74 Å². The number of hydrogen-bond acceptors (Lipinski definition) is 2. The molecule has 1 atom stereocenters. The molecule has 96 valence electrons. The van der Waals surface area contributed by atoms with Gasteiger partial charge in [0.25, 0.3) is 0 Å². The molecule has 0 saturated carbocycles. The van der Waals surface area contributed by atoms with Crippen molar-refractivity contribution in [2.45, 2.75) is 18.7 Å². The maximum absolute atomic E-state index is 5.66. The number of furan rings is 1. The standard InChI is InChI=1S/C14H14Br2O2/c1-3-17-13-5-4-11(15)7-12(13)14(16)10-6-9(2)18-8-10/h4-8,14H,3H2,1-2H3. The van der Waals surface area contributed by atoms with Gasteiger partial charge >= 0.3 is 0 Å². The van der Waals surface area contributed by atoms with Crippen LogP contribution in [0.1, 0.15) is 28.6 Å². The molecule has 4 heteroatoms. The molecular weight excluding hydrogens is 360 g/mol. The van der Waals surface area contributed by atoms with Crippen molar-refractivity contribution >= 4 is 31.9 Å². The van der Waals surface area contributed by atoms with Gasteiger partial charge in [0, 0.05) is 15.6 Å². The zero-order chi connectivity index (χ0) is 13.1. The smallest absolute Gasteiger partial charge is 0.124 e. The highest BCUT2D eigenvalue weighted by atomic mass is 79.9. The number of halogens is 2. The monoisotopic (exact) mass is 372 g/mol. The summed E-state index contributed by atoms with van der Waals surface area (Å²) in [6, 6.07) is 8.04. The molecule has 2 aromatic rings. The van der Waals surface area contributed by atoms with Gasteiger partial charge in [-0.15, -0.1) is 0 Å². The second-order valence-electron chi connectivity index (χ2n) is 3.97. The highest BCUT2D eigenvalue weighted by Crippen LogP contribution is 2.38. The van der Waals surface area contributed by atoms with E-state index in [1.54, 1.807) is 6.26 Å². The van der Waals surface area contributed by atoms with E-state index in [0.717, 1.165) is 27.1 Å². The van der Waals surface area contributed by atoms with Crippen molar-refractivity contribution in [1.82, 2.24) is 0 Å². The maximum Gasteiger partial charge on any atom is 0.124 e. The summed E-state index contributed by atoms with van der Waals surface area (Å²) < 4.78 is 12.0. The molecule has 0 N–H and O–H groups in total. The first-order valence-corrected chi connectivity index (χ1v) is 7.44. The SMILES string of the molecule is CCOc1ccc(Br)cc1C(Br)c1coc(C)c1. The fraction of sp³-hybridized carbons (Fsp3) is 0.286. The van der Waals surface area contributed by atoms with Crippen molar-refractivity contribution < 1.29 is 9.15 Å². The molecule has 2 nitrogen and oxygen atoms in total. The van der Waals surface area contributed by atoms with Gasteiger partial charge in [-0.25, -0.2) is 0 Å². The van der Waals surface area contributed by atoms with Crippen LogP contribution in [0.3, 0.4) is 0 Å². The molecule has 0 aliphatic rings. The molecule has 0 aliphatic heterocycles. The fourth-order valence-electron chi connectivity index (χ4n) is 1.78. The van der Waals surface area contributed by atoms with Gasteiger partial charge in [0.15, 0.2) is 0 Å². The molecule has 1 aromatic heterocycles. The zero-order valence-corrected chi connectivity index (χ0v) is 13.4. The van der Waals surface area contributed by atoms with Crippen molar-refractivity contribution in [2.24, 2.45) is 0 Å². The first-order valence-electron chi connectivity index (χ1n) is 5.73. The van der Waals surface area contributed by atoms with E-state index in [9.17, 15) is 0 Å². The van der Waals surface area contributed by atoms with E-state index >= 15 is 0 Å². The Hall–Kier alpha value is -0.740. The van der Waals surface area contributed by atoms with Gasteiger partial charge < -0.3 is 9.15 Å². The summed E-state index contributed by atoms with van der Waals surface area (Å²) in [4.78, 5) is 0.0639. The number of alkyl halides is 1. The van der Waals surface area contributed by atoms with Crippen LogP contribution in [-0.2, 0) is 0 Å². The van der Waals surface area contributed by atoms with Crippen LogP contribution in [0.5, 0.6) is 5.75 Å². The predicted octanol–water partition coefficient (Wildman–Crippen LogP) is 5.23. The number of benzene rings is 1. The van der Waals surface area contributed by atoms with Crippen molar-refractivity contribution in [2.75, 3.05) is 6.61 Å². The Kier molecular flexibility index (Phi) is 4.51. The lowest BCUT2D eigenvalue weighted by Crippen LogP contribution is -1.99. The Balaban J connectivity index is 2.39. The van der Waals surface area contributed by atoms with Gasteiger partial charge in [-0.1, -0.05) is 31.9 Å². The average molecular weight is 374 g/mol. The number of aryl methyl sites for hydroxylation is 1. The molecule has 1 aromatic carbocycles. The molecular formula is C14H14Br2O2. The third-order valence-corrected chi connectivity index (χ3v) is 4.10. The van der Waals surface area contributed by atoms with Crippen LogP contribution in [0.4, 0.5) is 0 Å². The van der Waals surface area contributed by atoms with Gasteiger partial charge in [0.1, 0.15) is 11.5 Å². The van der Waals surface area contributed by atoms with Gasteiger partial charge in [0.2, 0.25) is 0 Å². The number of rotatable bonds is 4. The topological polar surface area (TPSA) is 22.4 Å². The van der Waals surface area contributed by atoms with Crippen LogP contribution >= 0.6 is 31.9 Å². The van der Waals surface area contributed by atoms with Crippen LogP contribution in [-0.4, -0.2) is 6.61 Å². The van der Waals surface area contributed by atoms with Gasteiger partial charge in [-0.2, -0.15) is 0 Å². The van der Waals surface area contributed by atoms with E-state index in [2.05, 4.69) is 37.9 Å². The minimum atomic E-state index is 0.0639. The Labute approximate surface area is 124 Å². The van der Waals surface area contributed by atoms with Crippen molar-refractivity contribution in [1.29, 1.82) is 0 Å². The van der Waals surface area contributed by atoms with E-state index in [0.29, 0.717) is 6.61 Å². The van der Waals surface area contributed by atoms with Crippen molar-refractivity contribution in [3.63, 3.8) is 0 Å².